The second kappa shape index (κ2) is 4.84. The molecule has 3 nitrogen and oxygen atoms in total. The number of rotatable bonds is 2. The van der Waals surface area contributed by atoms with E-state index in [1.54, 1.807) is 10.8 Å². The van der Waals surface area contributed by atoms with E-state index in [0.717, 1.165) is 11.4 Å². The maximum atomic E-state index is 12.0. The third-order valence-corrected chi connectivity index (χ3v) is 3.34. The Morgan fingerprint density at radius 3 is 2.71 bits per heavy atom. The van der Waals surface area contributed by atoms with Crippen LogP contribution in [0.3, 0.4) is 0 Å². The summed E-state index contributed by atoms with van der Waals surface area (Å²) in [5, 5.41) is 0. The fourth-order valence-corrected chi connectivity index (χ4v) is 2.01. The van der Waals surface area contributed by atoms with Gasteiger partial charge in [0.1, 0.15) is 10.3 Å². The Morgan fingerprint density at radius 2 is 2.00 bits per heavy atom. The van der Waals surface area contributed by atoms with Crippen molar-refractivity contribution in [2.24, 2.45) is 0 Å². The molecule has 1 heterocycles. The highest BCUT2D eigenvalue weighted by Gasteiger charge is 2.07. The van der Waals surface area contributed by atoms with Crippen molar-refractivity contribution in [2.45, 2.75) is 20.4 Å². The molecule has 0 aliphatic heterocycles. The molecule has 0 spiro atoms. The van der Waals surface area contributed by atoms with Crippen LogP contribution in [0.1, 0.15) is 17.0 Å². The largest absolute Gasteiger partial charge is 0.291 e. The van der Waals surface area contributed by atoms with Crippen molar-refractivity contribution < 1.29 is 0 Å². The molecule has 4 heteroatoms. The standard InChI is InChI=1S/C13H13BrN2O/c1-9-5-3-4-6-11(9)8-16-10(2)15-7-12(14)13(16)17/h3-7H,8H2,1-2H3. The molecule has 0 atom stereocenters. The Hall–Kier alpha value is -1.42. The van der Waals surface area contributed by atoms with Crippen molar-refractivity contribution >= 4 is 15.9 Å². The molecule has 0 bridgehead atoms. The van der Waals surface area contributed by atoms with Gasteiger partial charge < -0.3 is 0 Å². The predicted molar refractivity (Wildman–Crippen MR) is 71.2 cm³/mol. The first-order chi connectivity index (χ1) is 8.09. The van der Waals surface area contributed by atoms with Gasteiger partial charge in [-0.3, -0.25) is 9.36 Å². The van der Waals surface area contributed by atoms with E-state index in [0.29, 0.717) is 11.0 Å². The van der Waals surface area contributed by atoms with Gasteiger partial charge >= 0.3 is 0 Å². The van der Waals surface area contributed by atoms with Crippen LogP contribution in [0.5, 0.6) is 0 Å². The van der Waals surface area contributed by atoms with E-state index in [4.69, 9.17) is 0 Å². The van der Waals surface area contributed by atoms with Gasteiger partial charge in [-0.05, 0) is 40.9 Å². The summed E-state index contributed by atoms with van der Waals surface area (Å²) in [6.07, 6.45) is 1.55. The molecule has 0 aliphatic carbocycles. The average molecular weight is 293 g/mol. The van der Waals surface area contributed by atoms with Gasteiger partial charge in [0, 0.05) is 6.20 Å². The van der Waals surface area contributed by atoms with E-state index in [1.165, 1.54) is 5.56 Å². The predicted octanol–water partition coefficient (Wildman–Crippen LogP) is 2.67. The van der Waals surface area contributed by atoms with Crippen molar-refractivity contribution in [1.29, 1.82) is 0 Å². The van der Waals surface area contributed by atoms with Gasteiger partial charge in [0.05, 0.1) is 6.54 Å². The fourth-order valence-electron chi connectivity index (χ4n) is 1.69. The molecule has 1 aromatic carbocycles. The molecule has 0 saturated heterocycles. The van der Waals surface area contributed by atoms with Gasteiger partial charge in [-0.2, -0.15) is 0 Å². The van der Waals surface area contributed by atoms with Gasteiger partial charge in [0.25, 0.3) is 5.56 Å². The molecule has 0 aliphatic rings. The van der Waals surface area contributed by atoms with Crippen LogP contribution in [0.15, 0.2) is 39.7 Å². The minimum Gasteiger partial charge on any atom is -0.291 e. The number of halogens is 1. The first kappa shape index (κ1) is 12.0. The monoisotopic (exact) mass is 292 g/mol. The van der Waals surface area contributed by atoms with Gasteiger partial charge in [0.15, 0.2) is 0 Å². The highest BCUT2D eigenvalue weighted by Crippen LogP contribution is 2.10. The lowest BCUT2D eigenvalue weighted by Crippen LogP contribution is -2.24. The lowest BCUT2D eigenvalue weighted by molar-refractivity contribution is 0.693. The summed E-state index contributed by atoms with van der Waals surface area (Å²) in [6, 6.07) is 8.05. The first-order valence-corrected chi connectivity index (χ1v) is 6.15. The minimum absolute atomic E-state index is 0.0410. The maximum Gasteiger partial charge on any atom is 0.268 e. The molecule has 88 valence electrons. The van der Waals surface area contributed by atoms with Crippen molar-refractivity contribution in [3.05, 3.63) is 62.2 Å². The van der Waals surface area contributed by atoms with Crippen LogP contribution in [0.4, 0.5) is 0 Å². The maximum absolute atomic E-state index is 12.0. The Bertz CT molecular complexity index is 605. The summed E-state index contributed by atoms with van der Waals surface area (Å²) in [7, 11) is 0. The lowest BCUT2D eigenvalue weighted by Gasteiger charge is -2.11. The fraction of sp³-hybridized carbons (Fsp3) is 0.231. The molecule has 1 aromatic heterocycles. The Kier molecular flexibility index (Phi) is 3.43. The third kappa shape index (κ3) is 2.47. The second-order valence-electron chi connectivity index (χ2n) is 3.97. The number of hydrogen-bond donors (Lipinski definition) is 0. The Labute approximate surface area is 108 Å². The summed E-state index contributed by atoms with van der Waals surface area (Å²) >= 11 is 3.22. The average Bonchev–Trinajstić information content (AvgIpc) is 2.32. The van der Waals surface area contributed by atoms with Crippen LogP contribution in [-0.2, 0) is 6.54 Å². The topological polar surface area (TPSA) is 34.9 Å². The molecular formula is C13H13BrN2O. The zero-order valence-electron chi connectivity index (χ0n) is 9.77. The van der Waals surface area contributed by atoms with Gasteiger partial charge in [-0.25, -0.2) is 4.98 Å². The number of benzene rings is 1. The van der Waals surface area contributed by atoms with E-state index < -0.39 is 0 Å². The van der Waals surface area contributed by atoms with Crippen LogP contribution in [-0.4, -0.2) is 9.55 Å². The van der Waals surface area contributed by atoms with Crippen molar-refractivity contribution in [1.82, 2.24) is 9.55 Å². The zero-order valence-corrected chi connectivity index (χ0v) is 11.4. The number of aryl methyl sites for hydroxylation is 2. The molecule has 0 N–H and O–H groups in total. The summed E-state index contributed by atoms with van der Waals surface area (Å²) in [6.45, 7) is 4.44. The highest BCUT2D eigenvalue weighted by molar-refractivity contribution is 9.10. The smallest absolute Gasteiger partial charge is 0.268 e. The Morgan fingerprint density at radius 1 is 1.29 bits per heavy atom. The van der Waals surface area contributed by atoms with E-state index in [-0.39, 0.29) is 5.56 Å². The molecule has 0 fully saturated rings. The molecule has 2 aromatic rings. The van der Waals surface area contributed by atoms with E-state index >= 15 is 0 Å². The van der Waals surface area contributed by atoms with Crippen LogP contribution in [0, 0.1) is 13.8 Å². The second-order valence-corrected chi connectivity index (χ2v) is 4.83. The molecule has 0 radical (unpaired) electrons. The van der Waals surface area contributed by atoms with Crippen molar-refractivity contribution in [3.8, 4) is 0 Å². The molecule has 0 amide bonds. The molecule has 17 heavy (non-hydrogen) atoms. The lowest BCUT2D eigenvalue weighted by atomic mass is 10.1. The van der Waals surface area contributed by atoms with Crippen LogP contribution in [0.2, 0.25) is 0 Å². The molecule has 0 saturated carbocycles. The van der Waals surface area contributed by atoms with Crippen molar-refractivity contribution in [3.63, 3.8) is 0 Å². The summed E-state index contributed by atoms with van der Waals surface area (Å²) in [5.41, 5.74) is 2.28. The van der Waals surface area contributed by atoms with E-state index in [2.05, 4.69) is 20.9 Å². The number of hydrogen-bond acceptors (Lipinski definition) is 2. The van der Waals surface area contributed by atoms with E-state index in [1.807, 2.05) is 38.1 Å². The van der Waals surface area contributed by atoms with E-state index in [9.17, 15) is 4.79 Å². The number of aromatic nitrogens is 2. The Balaban J connectivity index is 2.47. The third-order valence-electron chi connectivity index (χ3n) is 2.79. The van der Waals surface area contributed by atoms with Crippen LogP contribution < -0.4 is 5.56 Å². The van der Waals surface area contributed by atoms with Crippen LogP contribution in [0.25, 0.3) is 0 Å². The molecule has 0 unspecified atom stereocenters. The summed E-state index contributed by atoms with van der Waals surface area (Å²) < 4.78 is 2.17. The summed E-state index contributed by atoms with van der Waals surface area (Å²) in [4.78, 5) is 16.2. The SMILES string of the molecule is Cc1ccccc1Cn1c(C)ncc(Br)c1=O. The first-order valence-electron chi connectivity index (χ1n) is 5.36. The quantitative estimate of drug-likeness (QED) is 0.853. The molecular weight excluding hydrogens is 280 g/mol. The number of nitrogens with zero attached hydrogens (tertiary/aromatic N) is 2. The zero-order chi connectivity index (χ0) is 12.4. The van der Waals surface area contributed by atoms with Gasteiger partial charge in [-0.1, -0.05) is 24.3 Å². The summed E-state index contributed by atoms with van der Waals surface area (Å²) in [5.74, 6) is 0.724. The van der Waals surface area contributed by atoms with Crippen molar-refractivity contribution in [2.75, 3.05) is 0 Å². The minimum atomic E-state index is -0.0410. The van der Waals surface area contributed by atoms with Crippen LogP contribution >= 0.6 is 15.9 Å². The van der Waals surface area contributed by atoms with Gasteiger partial charge in [0.2, 0.25) is 0 Å². The van der Waals surface area contributed by atoms with Gasteiger partial charge in [-0.15, -0.1) is 0 Å². The highest BCUT2D eigenvalue weighted by atomic mass is 79.9. The normalized spacial score (nSPS) is 10.5. The molecule has 2 rings (SSSR count).